The Morgan fingerprint density at radius 1 is 0.206 bits per heavy atom. The molecule has 12 heteroatoms. The van der Waals surface area contributed by atoms with Crippen molar-refractivity contribution in [2.75, 3.05) is 0 Å². The van der Waals surface area contributed by atoms with Crippen LogP contribution in [-0.4, -0.2) is 34.2 Å². The molecule has 0 aliphatic heterocycles. The second-order valence-electron chi connectivity index (χ2n) is 33.6. The minimum atomic E-state index is -0.875. The average Bonchev–Trinajstić information content (AvgIpc) is 1.59. The number of carbonyl (C=O) groups is 5. The molecule has 0 unspecified atom stereocenters. The van der Waals surface area contributed by atoms with Gasteiger partial charge in [0.15, 0.2) is 23.1 Å². The lowest BCUT2D eigenvalue weighted by Crippen LogP contribution is -2.01. The van der Waals surface area contributed by atoms with E-state index < -0.39 is 5.97 Å². The van der Waals surface area contributed by atoms with E-state index in [1.54, 1.807) is 24.3 Å². The highest BCUT2D eigenvalue weighted by Crippen LogP contribution is 2.44. The molecule has 6 heterocycles. The molecular formula is C124H98O8S4. The maximum Gasteiger partial charge on any atom is 0.335 e. The van der Waals surface area contributed by atoms with Crippen molar-refractivity contribution in [2.45, 2.75) is 62.3 Å². The lowest BCUT2D eigenvalue weighted by molar-refractivity contribution is 0.0696. The first-order valence-electron chi connectivity index (χ1n) is 44.8. The van der Waals surface area contributed by atoms with E-state index in [1.807, 2.05) is 353 Å². The normalized spacial score (nSPS) is 10.7. The molecule has 0 atom stereocenters. The van der Waals surface area contributed by atoms with Crippen molar-refractivity contribution in [1.82, 2.24) is 0 Å². The number of aromatic carboxylic acids is 1. The first-order chi connectivity index (χ1) is 66.1. The van der Waals surface area contributed by atoms with Gasteiger partial charge in [-0.05, 0) is 214 Å². The van der Waals surface area contributed by atoms with Gasteiger partial charge in [0.25, 0.3) is 0 Å². The lowest BCUT2D eigenvalue weighted by atomic mass is 9.99. The maximum atomic E-state index is 12.4. The fourth-order valence-corrected chi connectivity index (χ4v) is 20.3. The predicted molar refractivity (Wildman–Crippen MR) is 576 cm³/mol. The summed E-state index contributed by atoms with van der Waals surface area (Å²) in [7, 11) is 0. The summed E-state index contributed by atoms with van der Waals surface area (Å²) >= 11 is 7.53. The van der Waals surface area contributed by atoms with Crippen LogP contribution in [0.3, 0.4) is 0 Å². The van der Waals surface area contributed by atoms with Crippen LogP contribution in [0.15, 0.2) is 433 Å². The zero-order valence-corrected chi connectivity index (χ0v) is 80.1. The smallest absolute Gasteiger partial charge is 0.335 e. The highest BCUT2D eigenvalue weighted by atomic mass is 32.1. The molecule has 8 nitrogen and oxygen atoms in total. The third kappa shape index (κ3) is 23.3. The number of aryl methyl sites for hydroxylation is 9. The van der Waals surface area contributed by atoms with E-state index in [9.17, 15) is 24.0 Å². The van der Waals surface area contributed by atoms with Crippen molar-refractivity contribution in [3.8, 4) is 0 Å². The van der Waals surface area contributed by atoms with E-state index >= 15 is 0 Å². The largest absolute Gasteiger partial charge is 0.478 e. The Morgan fingerprint density at radius 3 is 1.10 bits per heavy atom. The molecule has 1 N–H and O–H groups in total. The molecule has 136 heavy (non-hydrogen) atoms. The summed E-state index contributed by atoms with van der Waals surface area (Å²) in [4.78, 5) is 60.5. The fourth-order valence-electron chi connectivity index (χ4n) is 15.8. The zero-order chi connectivity index (χ0) is 94.7. The molecule has 0 radical (unpaired) electrons. The Kier molecular flexibility index (Phi) is 30.1. The first-order valence-corrected chi connectivity index (χ1v) is 48.2. The molecule has 0 saturated carbocycles. The Labute approximate surface area is 807 Å². The number of carboxylic acids is 1. The number of hydrogen-bond donors (Lipinski definition) is 1. The van der Waals surface area contributed by atoms with Crippen molar-refractivity contribution in [2.24, 2.45) is 0 Å². The first kappa shape index (κ1) is 93.6. The topological polar surface area (TPSA) is 132 Å². The summed E-state index contributed by atoms with van der Waals surface area (Å²) in [6.45, 7) is 18.4. The van der Waals surface area contributed by atoms with Crippen LogP contribution in [0.4, 0.5) is 0 Å². The van der Waals surface area contributed by atoms with E-state index in [4.69, 9.17) is 13.9 Å². The fraction of sp³-hybridized carbons (Fsp3) is 0.0726. The van der Waals surface area contributed by atoms with Crippen LogP contribution in [0.1, 0.15) is 123 Å². The molecule has 6 aromatic heterocycles. The molecule has 0 spiro atoms. The Morgan fingerprint density at radius 2 is 0.566 bits per heavy atom. The number of hydrogen-bond acceptors (Lipinski definition) is 11. The van der Waals surface area contributed by atoms with Crippen molar-refractivity contribution in [3.05, 3.63) is 523 Å². The molecule has 0 fully saturated rings. The zero-order valence-electron chi connectivity index (χ0n) is 76.9. The number of carbonyl (C=O) groups excluding carboxylic acids is 4. The number of benzene rings is 18. The minimum Gasteiger partial charge on any atom is -0.478 e. The van der Waals surface area contributed by atoms with Gasteiger partial charge in [0.2, 0.25) is 0 Å². The highest BCUT2D eigenvalue weighted by Gasteiger charge is 2.16. The lowest BCUT2D eigenvalue weighted by Gasteiger charge is -2.04. The third-order valence-corrected chi connectivity index (χ3v) is 27.4. The number of rotatable bonds is 9. The second kappa shape index (κ2) is 43.8. The summed E-state index contributed by atoms with van der Waals surface area (Å²) < 4.78 is 20.0. The molecule has 0 aliphatic carbocycles. The standard InChI is InChI=1S/2C18H14O.C15H10S2.2C14H12O.2C13H10O.C11H8S2.C8H8O2/c1-13-5-4-8-16(11-13)18(19)17-10-9-14-6-2-3-7-15(14)12-17;1-13-6-8-15(9-7-13)18(19)17-11-10-14-4-2-3-5-16(14)12-17;1-9-6-7-11-13(8-9)17-14-10-4-2-3-5-12(10)16-15(11)14;1-11-6-5-9-13(10-11)14(15)12-7-3-2-4-8-12;1-11-7-9-13(10-8-11)14(15)12-5-3-2-4-6-12;1-9-6-7-13-11(8-9)10-4-2-3-5-12(10)14-13;1-9-6-7-11-10-4-2-3-5-12(10)14-13(11)8-9;1-7-4-9-6-10-8(2-3-12-10)5-11(9)13-7;1-6-2-4-7(5-3-6)8(9)10/h2*2-12H,1H3;2-8H,1H3;2*2-10H,1H3;2*2-8H,1H3;2-6H,1H3;2-5H,1H3,(H,9,10). The third-order valence-electron chi connectivity index (χ3n) is 23.0. The molecule has 666 valence electrons. The molecule has 18 aromatic carbocycles. The monoisotopic (exact) mass is 1840 g/mol. The van der Waals surface area contributed by atoms with Gasteiger partial charge >= 0.3 is 5.97 Å². The van der Waals surface area contributed by atoms with Crippen LogP contribution in [0, 0.1) is 62.3 Å². The van der Waals surface area contributed by atoms with Gasteiger partial charge in [-0.3, -0.25) is 19.2 Å². The van der Waals surface area contributed by atoms with Gasteiger partial charge in [0, 0.05) is 101 Å². The van der Waals surface area contributed by atoms with Crippen molar-refractivity contribution >= 4 is 190 Å². The van der Waals surface area contributed by atoms with Gasteiger partial charge in [-0.25, -0.2) is 4.79 Å². The predicted octanol–water partition coefficient (Wildman–Crippen LogP) is 34.7. The Hall–Kier alpha value is -15.7. The summed E-state index contributed by atoms with van der Waals surface area (Å²) in [6.07, 6.45) is 0. The molecule has 0 amide bonds. The van der Waals surface area contributed by atoms with Crippen LogP contribution in [0.25, 0.3) is 115 Å². The number of fused-ring (bicyclic) bond motifs is 15. The van der Waals surface area contributed by atoms with Crippen molar-refractivity contribution < 1.29 is 37.9 Å². The second-order valence-corrected chi connectivity index (χ2v) is 37.9. The minimum absolute atomic E-state index is 0.0748. The van der Waals surface area contributed by atoms with Crippen molar-refractivity contribution in [3.63, 3.8) is 0 Å². The van der Waals surface area contributed by atoms with Gasteiger partial charge in [-0.15, -0.1) is 45.3 Å². The number of thiophene rings is 4. The van der Waals surface area contributed by atoms with Crippen LogP contribution in [0.2, 0.25) is 0 Å². The summed E-state index contributed by atoms with van der Waals surface area (Å²) in [5.74, 6) is -0.560. The molecule has 0 aliphatic rings. The van der Waals surface area contributed by atoms with E-state index in [-0.39, 0.29) is 23.1 Å². The van der Waals surface area contributed by atoms with Gasteiger partial charge in [-0.1, -0.05) is 349 Å². The molecular weight excluding hydrogens is 1750 g/mol. The van der Waals surface area contributed by atoms with Gasteiger partial charge < -0.3 is 13.9 Å². The number of carboxylic acid groups (broad SMARTS) is 1. The van der Waals surface area contributed by atoms with E-state index in [1.165, 1.54) is 98.4 Å². The van der Waals surface area contributed by atoms with Gasteiger partial charge in [0.05, 0.1) is 15.0 Å². The van der Waals surface area contributed by atoms with Crippen LogP contribution in [0.5, 0.6) is 0 Å². The molecule has 24 rings (SSSR count). The number of ketones is 4. The Bertz CT molecular complexity index is 8320. The quantitative estimate of drug-likeness (QED) is 0.141. The average molecular weight is 1840 g/mol. The van der Waals surface area contributed by atoms with Crippen molar-refractivity contribution in [1.29, 1.82) is 0 Å². The summed E-state index contributed by atoms with van der Waals surface area (Å²) in [5.41, 5.74) is 19.6. The van der Waals surface area contributed by atoms with Gasteiger partial charge in [0.1, 0.15) is 22.3 Å². The maximum absolute atomic E-state index is 12.4. The van der Waals surface area contributed by atoms with Gasteiger partial charge in [-0.2, -0.15) is 0 Å². The summed E-state index contributed by atoms with van der Waals surface area (Å²) in [6, 6.07) is 137. The van der Waals surface area contributed by atoms with E-state index in [0.717, 1.165) is 111 Å². The number of furan rings is 2. The van der Waals surface area contributed by atoms with E-state index in [2.05, 4.69) is 154 Å². The molecule has 0 saturated heterocycles. The van der Waals surface area contributed by atoms with E-state index in [0.29, 0.717) is 5.56 Å². The highest BCUT2D eigenvalue weighted by molar-refractivity contribution is 7.36. The Balaban J connectivity index is 0.000000111. The molecule has 0 bridgehead atoms. The SMILES string of the molecule is Cc1cc2cc3sccc3cc2s1.Cc1ccc(C(=O)O)cc1.Cc1ccc(C(=O)c2ccc3ccccc3c2)cc1.Cc1ccc(C(=O)c2ccccc2)cc1.Cc1ccc2c(c1)oc1ccccc12.Cc1ccc2c(c1)sc1c3ccccc3sc21.Cc1ccc2oc3ccccc3c2c1.Cc1cccc(C(=O)c2ccc3ccccc3c2)c1.Cc1cccc(C(=O)c2ccccc2)c1. The summed E-state index contributed by atoms with van der Waals surface area (Å²) in [5, 5.41) is 25.5. The van der Waals surface area contributed by atoms with Crippen LogP contribution < -0.4 is 0 Å². The van der Waals surface area contributed by atoms with Crippen LogP contribution in [-0.2, 0) is 0 Å². The van der Waals surface area contributed by atoms with Crippen LogP contribution >= 0.6 is 45.3 Å². The molecule has 24 aromatic rings. The number of para-hydroxylation sites is 2.